The standard InChI is InChI=1S/C17H29N3O3S/c1-6-17(7-2,12-18)15(21)19-13-9-8-10-14(11-13)24(22,23)20-16(3,4)5/h8-11,20H,6-7,12,18H2,1-5H3,(H,19,21). The predicted molar refractivity (Wildman–Crippen MR) is 97.2 cm³/mol. The number of carbonyl (C=O) groups excluding carboxylic acids is 1. The van der Waals surface area contributed by atoms with Crippen LogP contribution < -0.4 is 15.8 Å². The van der Waals surface area contributed by atoms with Crippen molar-refractivity contribution in [2.45, 2.75) is 57.9 Å². The lowest BCUT2D eigenvalue weighted by atomic mass is 9.81. The largest absolute Gasteiger partial charge is 0.329 e. The topological polar surface area (TPSA) is 101 Å². The Morgan fingerprint density at radius 3 is 2.21 bits per heavy atom. The summed E-state index contributed by atoms with van der Waals surface area (Å²) >= 11 is 0. The van der Waals surface area contributed by atoms with E-state index in [9.17, 15) is 13.2 Å². The Morgan fingerprint density at radius 2 is 1.75 bits per heavy atom. The first kappa shape index (κ1) is 20.6. The third kappa shape index (κ3) is 5.03. The number of nitrogens with two attached hydrogens (primary N) is 1. The Morgan fingerprint density at radius 1 is 1.17 bits per heavy atom. The van der Waals surface area contributed by atoms with E-state index in [2.05, 4.69) is 10.0 Å². The summed E-state index contributed by atoms with van der Waals surface area (Å²) in [5.74, 6) is -0.187. The van der Waals surface area contributed by atoms with E-state index < -0.39 is 21.0 Å². The van der Waals surface area contributed by atoms with Gasteiger partial charge in [-0.1, -0.05) is 19.9 Å². The van der Waals surface area contributed by atoms with Gasteiger partial charge in [0.15, 0.2) is 0 Å². The smallest absolute Gasteiger partial charge is 0.241 e. The summed E-state index contributed by atoms with van der Waals surface area (Å²) in [6, 6.07) is 6.23. The SMILES string of the molecule is CCC(CC)(CN)C(=O)Nc1cccc(S(=O)(=O)NC(C)(C)C)c1. The van der Waals surface area contributed by atoms with Crippen LogP contribution in [0.25, 0.3) is 0 Å². The van der Waals surface area contributed by atoms with Crippen LogP contribution in [-0.4, -0.2) is 26.4 Å². The third-order valence-electron chi connectivity index (χ3n) is 4.07. The van der Waals surface area contributed by atoms with E-state index in [1.165, 1.54) is 12.1 Å². The number of rotatable bonds is 7. The summed E-state index contributed by atoms with van der Waals surface area (Å²) < 4.78 is 27.4. The maximum absolute atomic E-state index is 12.6. The highest BCUT2D eigenvalue weighted by Gasteiger charge is 2.33. The summed E-state index contributed by atoms with van der Waals surface area (Å²) in [5.41, 5.74) is 5.00. The average Bonchev–Trinajstić information content (AvgIpc) is 2.47. The molecular weight excluding hydrogens is 326 g/mol. The molecule has 0 radical (unpaired) electrons. The maximum atomic E-state index is 12.6. The molecule has 136 valence electrons. The number of anilines is 1. The molecule has 1 aromatic rings. The lowest BCUT2D eigenvalue weighted by Gasteiger charge is -2.28. The molecule has 0 unspecified atom stereocenters. The van der Waals surface area contributed by atoms with Gasteiger partial charge in [0.25, 0.3) is 0 Å². The van der Waals surface area contributed by atoms with Crippen molar-refractivity contribution in [2.24, 2.45) is 11.1 Å². The molecule has 0 aromatic heterocycles. The molecule has 1 aromatic carbocycles. The maximum Gasteiger partial charge on any atom is 0.241 e. The molecular formula is C17H29N3O3S. The Labute approximate surface area is 145 Å². The zero-order valence-electron chi connectivity index (χ0n) is 15.1. The van der Waals surface area contributed by atoms with Crippen LogP contribution >= 0.6 is 0 Å². The van der Waals surface area contributed by atoms with Gasteiger partial charge in [0.1, 0.15) is 0 Å². The van der Waals surface area contributed by atoms with Gasteiger partial charge < -0.3 is 11.1 Å². The fraction of sp³-hybridized carbons (Fsp3) is 0.588. The molecule has 24 heavy (non-hydrogen) atoms. The predicted octanol–water partition coefficient (Wildman–Crippen LogP) is 2.47. The fourth-order valence-electron chi connectivity index (χ4n) is 2.42. The van der Waals surface area contributed by atoms with Crippen LogP contribution in [0, 0.1) is 5.41 Å². The van der Waals surface area contributed by atoms with Crippen molar-refractivity contribution in [1.29, 1.82) is 0 Å². The first-order valence-electron chi connectivity index (χ1n) is 8.15. The molecule has 0 saturated carbocycles. The second kappa shape index (κ2) is 7.63. The number of amides is 1. The third-order valence-corrected chi connectivity index (χ3v) is 5.82. The summed E-state index contributed by atoms with van der Waals surface area (Å²) in [6.07, 6.45) is 1.24. The molecule has 0 aliphatic carbocycles. The van der Waals surface area contributed by atoms with Gasteiger partial charge in [-0.3, -0.25) is 4.79 Å². The molecule has 0 saturated heterocycles. The van der Waals surface area contributed by atoms with Crippen LogP contribution in [0.2, 0.25) is 0 Å². The van der Waals surface area contributed by atoms with Crippen LogP contribution in [-0.2, 0) is 14.8 Å². The van der Waals surface area contributed by atoms with E-state index >= 15 is 0 Å². The van der Waals surface area contributed by atoms with Crippen LogP contribution in [0.4, 0.5) is 5.69 Å². The Hall–Kier alpha value is -1.44. The number of sulfonamides is 1. The minimum atomic E-state index is -3.65. The first-order chi connectivity index (χ1) is 11.0. The molecule has 0 aliphatic rings. The molecule has 0 aliphatic heterocycles. The monoisotopic (exact) mass is 355 g/mol. The lowest BCUT2D eigenvalue weighted by molar-refractivity contribution is -0.125. The van der Waals surface area contributed by atoms with Crippen molar-refractivity contribution in [3.63, 3.8) is 0 Å². The van der Waals surface area contributed by atoms with E-state index in [0.29, 0.717) is 18.5 Å². The Bertz CT molecular complexity index is 666. The van der Waals surface area contributed by atoms with Crippen molar-refractivity contribution in [1.82, 2.24) is 4.72 Å². The molecule has 1 amide bonds. The van der Waals surface area contributed by atoms with Crippen LogP contribution in [0.5, 0.6) is 0 Å². The zero-order chi connectivity index (χ0) is 18.6. The zero-order valence-corrected chi connectivity index (χ0v) is 16.0. The second-order valence-corrected chi connectivity index (χ2v) is 8.71. The van der Waals surface area contributed by atoms with Gasteiger partial charge in [0.2, 0.25) is 15.9 Å². The van der Waals surface area contributed by atoms with Crippen LogP contribution in [0.1, 0.15) is 47.5 Å². The van der Waals surface area contributed by atoms with Crippen molar-refractivity contribution in [3.05, 3.63) is 24.3 Å². The van der Waals surface area contributed by atoms with Crippen LogP contribution in [0.3, 0.4) is 0 Å². The summed E-state index contributed by atoms with van der Waals surface area (Å²) in [7, 11) is -3.65. The van der Waals surface area contributed by atoms with Gasteiger partial charge >= 0.3 is 0 Å². The number of hydrogen-bond donors (Lipinski definition) is 3. The number of carbonyl (C=O) groups is 1. The van der Waals surface area contributed by atoms with Crippen molar-refractivity contribution < 1.29 is 13.2 Å². The number of benzene rings is 1. The molecule has 7 heteroatoms. The number of nitrogens with one attached hydrogen (secondary N) is 2. The highest BCUT2D eigenvalue weighted by atomic mass is 32.2. The first-order valence-corrected chi connectivity index (χ1v) is 9.63. The van der Waals surface area contributed by atoms with E-state index in [4.69, 9.17) is 5.73 Å². The fourth-order valence-corrected chi connectivity index (χ4v) is 3.88. The quantitative estimate of drug-likeness (QED) is 0.699. The van der Waals surface area contributed by atoms with E-state index in [1.807, 2.05) is 13.8 Å². The Kier molecular flexibility index (Phi) is 6.55. The van der Waals surface area contributed by atoms with Gasteiger partial charge in [0.05, 0.1) is 10.3 Å². The normalized spacial score (nSPS) is 12.9. The van der Waals surface area contributed by atoms with E-state index in [0.717, 1.165) is 0 Å². The Balaban J connectivity index is 3.08. The molecule has 0 atom stereocenters. The molecule has 0 fully saturated rings. The minimum Gasteiger partial charge on any atom is -0.329 e. The van der Waals surface area contributed by atoms with Gasteiger partial charge in [-0.15, -0.1) is 0 Å². The number of hydrogen-bond acceptors (Lipinski definition) is 4. The molecule has 1 rings (SSSR count). The van der Waals surface area contributed by atoms with Crippen molar-refractivity contribution in [2.75, 3.05) is 11.9 Å². The highest BCUT2D eigenvalue weighted by molar-refractivity contribution is 7.89. The van der Waals surface area contributed by atoms with Gasteiger partial charge in [-0.2, -0.15) is 0 Å². The molecule has 4 N–H and O–H groups in total. The molecule has 0 bridgehead atoms. The summed E-state index contributed by atoms with van der Waals surface area (Å²) in [5, 5.41) is 2.80. The van der Waals surface area contributed by atoms with Gasteiger partial charge in [-0.25, -0.2) is 13.1 Å². The molecule has 0 spiro atoms. The van der Waals surface area contributed by atoms with Gasteiger partial charge in [-0.05, 0) is 51.8 Å². The van der Waals surface area contributed by atoms with Crippen molar-refractivity contribution >= 4 is 21.6 Å². The van der Waals surface area contributed by atoms with Crippen LogP contribution in [0.15, 0.2) is 29.2 Å². The lowest BCUT2D eigenvalue weighted by Crippen LogP contribution is -2.41. The average molecular weight is 356 g/mol. The van der Waals surface area contributed by atoms with Gasteiger partial charge in [0, 0.05) is 17.8 Å². The highest BCUT2D eigenvalue weighted by Crippen LogP contribution is 2.27. The molecule has 0 heterocycles. The van der Waals surface area contributed by atoms with E-state index in [-0.39, 0.29) is 17.3 Å². The minimum absolute atomic E-state index is 0.113. The summed E-state index contributed by atoms with van der Waals surface area (Å²) in [4.78, 5) is 12.7. The second-order valence-electron chi connectivity index (χ2n) is 7.03. The van der Waals surface area contributed by atoms with E-state index in [1.54, 1.807) is 32.9 Å². The van der Waals surface area contributed by atoms with Crippen molar-refractivity contribution in [3.8, 4) is 0 Å². The summed E-state index contributed by atoms with van der Waals surface area (Å²) in [6.45, 7) is 9.40. The molecule has 6 nitrogen and oxygen atoms in total.